The molecule has 1 aromatic rings. The van der Waals surface area contributed by atoms with Gasteiger partial charge in [-0.2, -0.15) is 0 Å². The lowest BCUT2D eigenvalue weighted by molar-refractivity contribution is -0.0207. The summed E-state index contributed by atoms with van der Waals surface area (Å²) < 4.78 is 14.0. The Morgan fingerprint density at radius 3 is 2.65 bits per heavy atom. The second-order valence-corrected chi connectivity index (χ2v) is 13.9. The SMILES string of the molecule is CC(C)(C)[Si](C)(C)OC[C@H]1OC(n2ccc(=O)[nH]c2=O)C[C@H]1I. The van der Waals surface area contributed by atoms with Gasteiger partial charge in [-0.05, 0) is 18.1 Å². The molecule has 8 heteroatoms. The van der Waals surface area contributed by atoms with Gasteiger partial charge >= 0.3 is 5.69 Å². The minimum atomic E-state index is -1.82. The lowest BCUT2D eigenvalue weighted by Gasteiger charge is -2.37. The molecule has 2 rings (SSSR count). The van der Waals surface area contributed by atoms with Crippen molar-refractivity contribution in [2.75, 3.05) is 6.61 Å². The monoisotopic (exact) mass is 452 g/mol. The van der Waals surface area contributed by atoms with E-state index in [0.29, 0.717) is 6.61 Å². The van der Waals surface area contributed by atoms with Gasteiger partial charge in [-0.15, -0.1) is 0 Å². The molecule has 0 bridgehead atoms. The average Bonchev–Trinajstić information content (AvgIpc) is 2.76. The number of aromatic nitrogens is 2. The molecular formula is C15H25IN2O4Si. The molecule has 0 spiro atoms. The highest BCUT2D eigenvalue weighted by molar-refractivity contribution is 14.1. The van der Waals surface area contributed by atoms with E-state index >= 15 is 0 Å². The standard InChI is InChI=1S/C15H25IN2O4Si/c1-15(2,3)23(4,5)21-9-11-10(16)8-13(22-11)18-7-6-12(19)17-14(18)20/h6-7,10-11,13H,8-9H2,1-5H3,(H,17,19,20)/t10-,11-,13?/m1/s1. The van der Waals surface area contributed by atoms with Gasteiger partial charge in [0.2, 0.25) is 0 Å². The number of aromatic amines is 1. The molecule has 0 aliphatic carbocycles. The summed E-state index contributed by atoms with van der Waals surface area (Å²) in [5.74, 6) is 0. The fourth-order valence-corrected chi connectivity index (χ4v) is 4.00. The van der Waals surface area contributed by atoms with Crippen LogP contribution in [-0.4, -0.2) is 34.5 Å². The predicted molar refractivity (Wildman–Crippen MR) is 101 cm³/mol. The number of ether oxygens (including phenoxy) is 1. The maximum atomic E-state index is 11.9. The van der Waals surface area contributed by atoms with Crippen LogP contribution >= 0.6 is 22.6 Å². The highest BCUT2D eigenvalue weighted by Crippen LogP contribution is 2.38. The Labute approximate surface area is 150 Å². The molecule has 1 saturated heterocycles. The maximum Gasteiger partial charge on any atom is 0.330 e. The first-order valence-corrected chi connectivity index (χ1v) is 11.9. The van der Waals surface area contributed by atoms with Gasteiger partial charge in [0, 0.05) is 22.6 Å². The van der Waals surface area contributed by atoms with E-state index in [0.717, 1.165) is 6.42 Å². The quantitative estimate of drug-likeness (QED) is 0.433. The van der Waals surface area contributed by atoms with Crippen LogP contribution in [0.5, 0.6) is 0 Å². The molecule has 0 saturated carbocycles. The van der Waals surface area contributed by atoms with E-state index in [1.165, 1.54) is 16.8 Å². The first-order valence-electron chi connectivity index (χ1n) is 7.76. The highest BCUT2D eigenvalue weighted by atomic mass is 127. The molecule has 23 heavy (non-hydrogen) atoms. The molecule has 2 heterocycles. The van der Waals surface area contributed by atoms with Crippen LogP contribution in [0.2, 0.25) is 18.1 Å². The fraction of sp³-hybridized carbons (Fsp3) is 0.733. The molecule has 3 atom stereocenters. The Morgan fingerprint density at radius 2 is 2.09 bits per heavy atom. The van der Waals surface area contributed by atoms with E-state index in [1.807, 2.05) is 0 Å². The van der Waals surface area contributed by atoms with Gasteiger partial charge in [-0.25, -0.2) is 4.79 Å². The Bertz CT molecular complexity index is 664. The van der Waals surface area contributed by atoms with Gasteiger partial charge in [0.1, 0.15) is 6.23 Å². The van der Waals surface area contributed by atoms with Crippen molar-refractivity contribution >= 4 is 30.9 Å². The lowest BCUT2D eigenvalue weighted by atomic mass is 10.2. The van der Waals surface area contributed by atoms with Crippen LogP contribution in [-0.2, 0) is 9.16 Å². The number of alkyl halides is 1. The van der Waals surface area contributed by atoms with Crippen molar-refractivity contribution in [2.45, 2.75) is 61.6 Å². The predicted octanol–water partition coefficient (Wildman–Crippen LogP) is 2.65. The molecule has 6 nitrogen and oxygen atoms in total. The van der Waals surface area contributed by atoms with Gasteiger partial charge in [0.25, 0.3) is 5.56 Å². The molecule has 1 aliphatic rings. The van der Waals surface area contributed by atoms with E-state index in [1.54, 1.807) is 0 Å². The number of nitrogens with one attached hydrogen (secondary N) is 1. The molecule has 0 radical (unpaired) electrons. The maximum absolute atomic E-state index is 11.9. The van der Waals surface area contributed by atoms with Crippen LogP contribution in [0.25, 0.3) is 0 Å². The zero-order valence-electron chi connectivity index (χ0n) is 14.3. The third kappa shape index (κ3) is 4.34. The number of H-pyrrole nitrogens is 1. The highest BCUT2D eigenvalue weighted by Gasteiger charge is 2.40. The zero-order chi connectivity index (χ0) is 17.4. The minimum Gasteiger partial charge on any atom is -0.414 e. The zero-order valence-corrected chi connectivity index (χ0v) is 17.4. The van der Waals surface area contributed by atoms with Gasteiger partial charge in [0.15, 0.2) is 8.32 Å². The third-order valence-electron chi connectivity index (χ3n) is 4.74. The van der Waals surface area contributed by atoms with Gasteiger partial charge in [-0.1, -0.05) is 43.4 Å². The molecule has 1 fully saturated rings. The van der Waals surface area contributed by atoms with Crippen molar-refractivity contribution < 1.29 is 9.16 Å². The number of rotatable bonds is 4. The van der Waals surface area contributed by atoms with Crippen LogP contribution < -0.4 is 11.2 Å². The van der Waals surface area contributed by atoms with Crippen LogP contribution in [0.1, 0.15) is 33.4 Å². The summed E-state index contributed by atoms with van der Waals surface area (Å²) in [5.41, 5.74) is -0.829. The molecular weight excluding hydrogens is 427 g/mol. The van der Waals surface area contributed by atoms with Gasteiger partial charge in [0.05, 0.1) is 12.7 Å². The van der Waals surface area contributed by atoms with Crippen molar-refractivity contribution in [1.29, 1.82) is 0 Å². The van der Waals surface area contributed by atoms with Crippen molar-refractivity contribution in [2.24, 2.45) is 0 Å². The Morgan fingerprint density at radius 1 is 1.43 bits per heavy atom. The van der Waals surface area contributed by atoms with Gasteiger partial charge in [-0.3, -0.25) is 14.3 Å². The first kappa shape index (κ1) is 18.9. The second kappa shape index (κ2) is 6.81. The average molecular weight is 452 g/mol. The molecule has 1 unspecified atom stereocenters. The topological polar surface area (TPSA) is 73.3 Å². The Balaban J connectivity index is 2.04. The fourth-order valence-electron chi connectivity index (χ4n) is 2.17. The summed E-state index contributed by atoms with van der Waals surface area (Å²) in [6, 6.07) is 1.34. The summed E-state index contributed by atoms with van der Waals surface area (Å²) >= 11 is 2.35. The van der Waals surface area contributed by atoms with E-state index in [9.17, 15) is 9.59 Å². The van der Waals surface area contributed by atoms with Crippen LogP contribution in [0.4, 0.5) is 0 Å². The first-order chi connectivity index (χ1) is 10.5. The van der Waals surface area contributed by atoms with E-state index in [-0.39, 0.29) is 21.3 Å². The third-order valence-corrected chi connectivity index (χ3v) is 10.5. The molecule has 0 aromatic carbocycles. The van der Waals surface area contributed by atoms with Crippen LogP contribution in [0.15, 0.2) is 21.9 Å². The largest absolute Gasteiger partial charge is 0.414 e. The van der Waals surface area contributed by atoms with Gasteiger partial charge < -0.3 is 9.16 Å². The molecule has 130 valence electrons. The minimum absolute atomic E-state index is 0.0476. The summed E-state index contributed by atoms with van der Waals surface area (Å²) in [6.07, 6.45) is 1.81. The molecule has 1 aromatic heterocycles. The summed E-state index contributed by atoms with van der Waals surface area (Å²) in [6.45, 7) is 11.6. The van der Waals surface area contributed by atoms with E-state index in [4.69, 9.17) is 9.16 Å². The molecule has 1 N–H and O–H groups in total. The van der Waals surface area contributed by atoms with E-state index < -0.39 is 19.6 Å². The van der Waals surface area contributed by atoms with Crippen molar-refractivity contribution in [1.82, 2.24) is 9.55 Å². The smallest absolute Gasteiger partial charge is 0.330 e. The Hall–Kier alpha value is -0.453. The molecule has 1 aliphatic heterocycles. The lowest BCUT2D eigenvalue weighted by Crippen LogP contribution is -2.43. The summed E-state index contributed by atoms with van der Waals surface area (Å²) in [5, 5.41) is 0.154. The summed E-state index contributed by atoms with van der Waals surface area (Å²) in [7, 11) is -1.82. The van der Waals surface area contributed by atoms with Crippen molar-refractivity contribution in [3.8, 4) is 0 Å². The number of hydrogen-bond donors (Lipinski definition) is 1. The number of halogens is 1. The van der Waals surface area contributed by atoms with Crippen molar-refractivity contribution in [3.63, 3.8) is 0 Å². The normalized spacial score (nSPS) is 25.7. The number of hydrogen-bond acceptors (Lipinski definition) is 4. The van der Waals surface area contributed by atoms with Crippen molar-refractivity contribution in [3.05, 3.63) is 33.1 Å². The number of nitrogens with zero attached hydrogens (tertiary/aromatic N) is 1. The second-order valence-electron chi connectivity index (χ2n) is 7.47. The van der Waals surface area contributed by atoms with Crippen LogP contribution in [0.3, 0.4) is 0 Å². The van der Waals surface area contributed by atoms with E-state index in [2.05, 4.69) is 61.4 Å². The van der Waals surface area contributed by atoms with Crippen LogP contribution in [0, 0.1) is 0 Å². The summed E-state index contributed by atoms with van der Waals surface area (Å²) in [4.78, 5) is 25.3. The Kier molecular flexibility index (Phi) is 5.59. The molecule has 0 amide bonds.